The Hall–Kier alpha value is -2.10. The summed E-state index contributed by atoms with van der Waals surface area (Å²) < 4.78 is 12.2. The number of thiophene rings is 1. The molecule has 3 heterocycles. The van der Waals surface area contributed by atoms with E-state index in [0.717, 1.165) is 41.7 Å². The Morgan fingerprint density at radius 3 is 3.00 bits per heavy atom. The molecular weight excluding hydrogens is 422 g/mol. The van der Waals surface area contributed by atoms with Gasteiger partial charge in [0.05, 0.1) is 37.1 Å². The molecule has 1 aliphatic rings. The minimum Gasteiger partial charge on any atom is -0.467 e. The Balaban J connectivity index is 1.59. The third-order valence-corrected chi connectivity index (χ3v) is 7.43. The smallest absolute Gasteiger partial charge is 0.263 e. The fourth-order valence-electron chi connectivity index (χ4n) is 3.67. The molecule has 0 unspecified atom stereocenters. The Kier molecular flexibility index (Phi) is 6.60. The maximum atomic E-state index is 13.3. The number of carbonyl (C=O) groups is 1. The molecule has 0 saturated carbocycles. The maximum absolute atomic E-state index is 13.3. The van der Waals surface area contributed by atoms with Gasteiger partial charge in [-0.1, -0.05) is 11.8 Å². The summed E-state index contributed by atoms with van der Waals surface area (Å²) in [5.74, 6) is 0.888. The molecule has 0 atom stereocenters. The van der Waals surface area contributed by atoms with Crippen LogP contribution in [0.5, 0.6) is 0 Å². The molecule has 0 bridgehead atoms. The van der Waals surface area contributed by atoms with E-state index in [4.69, 9.17) is 14.1 Å². The first-order chi connectivity index (χ1) is 14.6. The zero-order valence-electron chi connectivity index (χ0n) is 17.2. The van der Waals surface area contributed by atoms with Crippen molar-refractivity contribution >= 4 is 39.2 Å². The van der Waals surface area contributed by atoms with Crippen LogP contribution in [0.4, 0.5) is 0 Å². The molecule has 0 aliphatic heterocycles. The van der Waals surface area contributed by atoms with Crippen LogP contribution in [-0.2, 0) is 35.5 Å². The first kappa shape index (κ1) is 21.1. The van der Waals surface area contributed by atoms with Crippen molar-refractivity contribution in [1.29, 1.82) is 0 Å². The van der Waals surface area contributed by atoms with Gasteiger partial charge in [0, 0.05) is 19.0 Å². The third-order valence-electron chi connectivity index (χ3n) is 5.28. The fraction of sp³-hybridized carbons (Fsp3) is 0.476. The topological polar surface area (TPSA) is 77.6 Å². The molecule has 3 aromatic rings. The van der Waals surface area contributed by atoms with Gasteiger partial charge in [-0.25, -0.2) is 4.98 Å². The molecule has 0 spiro atoms. The summed E-state index contributed by atoms with van der Waals surface area (Å²) in [5, 5.41) is 1.33. The number of hydrogen-bond acceptors (Lipinski definition) is 7. The summed E-state index contributed by atoms with van der Waals surface area (Å²) in [5.41, 5.74) is 1.16. The van der Waals surface area contributed by atoms with E-state index in [1.807, 2.05) is 6.07 Å². The molecule has 4 rings (SSSR count). The molecule has 9 heteroatoms. The minimum atomic E-state index is -0.0467. The summed E-state index contributed by atoms with van der Waals surface area (Å²) in [6, 6.07) is 3.64. The van der Waals surface area contributed by atoms with Crippen LogP contribution in [0.2, 0.25) is 0 Å². The number of aromatic nitrogens is 2. The average molecular weight is 448 g/mol. The normalized spacial score (nSPS) is 13.5. The van der Waals surface area contributed by atoms with E-state index < -0.39 is 0 Å². The fourth-order valence-corrected chi connectivity index (χ4v) is 5.94. The summed E-state index contributed by atoms with van der Waals surface area (Å²) in [6.07, 6.45) is 5.83. The Morgan fingerprint density at radius 2 is 2.23 bits per heavy atom. The van der Waals surface area contributed by atoms with E-state index in [2.05, 4.69) is 0 Å². The maximum Gasteiger partial charge on any atom is 0.263 e. The van der Waals surface area contributed by atoms with E-state index in [1.165, 1.54) is 22.2 Å². The quantitative estimate of drug-likeness (QED) is 0.389. The average Bonchev–Trinajstić information content (AvgIpc) is 3.38. The van der Waals surface area contributed by atoms with Crippen molar-refractivity contribution < 1.29 is 13.9 Å². The molecule has 3 aromatic heterocycles. The molecule has 7 nitrogen and oxygen atoms in total. The Labute approximate surface area is 183 Å². The SMILES string of the molecule is COCCn1c(SCC(=O)N(C)Cc2ccco2)nc2sc3c(c2c1=O)CCCC3. The first-order valence-corrected chi connectivity index (χ1v) is 11.8. The lowest BCUT2D eigenvalue weighted by atomic mass is 9.97. The van der Waals surface area contributed by atoms with Gasteiger partial charge in [-0.2, -0.15) is 0 Å². The predicted octanol–water partition coefficient (Wildman–Crippen LogP) is 3.33. The van der Waals surface area contributed by atoms with E-state index >= 15 is 0 Å². The van der Waals surface area contributed by atoms with E-state index in [0.29, 0.717) is 24.9 Å². The zero-order chi connectivity index (χ0) is 21.1. The lowest BCUT2D eigenvalue weighted by Crippen LogP contribution is -2.29. The zero-order valence-corrected chi connectivity index (χ0v) is 18.8. The van der Waals surface area contributed by atoms with Crippen LogP contribution in [0.3, 0.4) is 0 Å². The highest BCUT2D eigenvalue weighted by Crippen LogP contribution is 2.34. The van der Waals surface area contributed by atoms with Crippen LogP contribution in [0.25, 0.3) is 10.2 Å². The molecular formula is C21H25N3O4S2. The number of carbonyl (C=O) groups excluding carboxylic acids is 1. The number of rotatable bonds is 8. The second-order valence-electron chi connectivity index (χ2n) is 7.35. The van der Waals surface area contributed by atoms with Crippen molar-refractivity contribution in [2.24, 2.45) is 0 Å². The highest BCUT2D eigenvalue weighted by Gasteiger charge is 2.23. The number of nitrogens with zero attached hydrogens (tertiary/aromatic N) is 3. The summed E-state index contributed by atoms with van der Waals surface area (Å²) in [4.78, 5) is 34.4. The highest BCUT2D eigenvalue weighted by molar-refractivity contribution is 7.99. The molecule has 0 aromatic carbocycles. The molecule has 0 saturated heterocycles. The molecule has 0 N–H and O–H groups in total. The van der Waals surface area contributed by atoms with Crippen molar-refractivity contribution in [2.75, 3.05) is 26.5 Å². The monoisotopic (exact) mass is 447 g/mol. The molecule has 1 amide bonds. The second-order valence-corrected chi connectivity index (χ2v) is 9.38. The van der Waals surface area contributed by atoms with Crippen molar-refractivity contribution in [3.63, 3.8) is 0 Å². The van der Waals surface area contributed by atoms with E-state index in [1.54, 1.807) is 47.3 Å². The number of ether oxygens (including phenoxy) is 1. The third kappa shape index (κ3) is 4.33. The van der Waals surface area contributed by atoms with Crippen LogP contribution in [0.1, 0.15) is 29.0 Å². The number of furan rings is 1. The van der Waals surface area contributed by atoms with Crippen molar-refractivity contribution in [1.82, 2.24) is 14.5 Å². The van der Waals surface area contributed by atoms with Crippen molar-refractivity contribution in [3.8, 4) is 0 Å². The number of hydrogen-bond donors (Lipinski definition) is 0. The lowest BCUT2D eigenvalue weighted by Gasteiger charge is -2.16. The highest BCUT2D eigenvalue weighted by atomic mass is 32.2. The number of fused-ring (bicyclic) bond motifs is 3. The van der Waals surface area contributed by atoms with Gasteiger partial charge in [0.1, 0.15) is 10.6 Å². The summed E-state index contributed by atoms with van der Waals surface area (Å²) in [6.45, 7) is 1.24. The van der Waals surface area contributed by atoms with Gasteiger partial charge >= 0.3 is 0 Å². The van der Waals surface area contributed by atoms with Gasteiger partial charge in [0.15, 0.2) is 5.16 Å². The molecule has 0 radical (unpaired) electrons. The molecule has 0 fully saturated rings. The van der Waals surface area contributed by atoms with Gasteiger partial charge in [0.25, 0.3) is 5.56 Å². The van der Waals surface area contributed by atoms with Crippen molar-refractivity contribution in [2.45, 2.75) is 43.9 Å². The van der Waals surface area contributed by atoms with Crippen LogP contribution >= 0.6 is 23.1 Å². The standard InChI is InChI=1S/C21H25N3O4S2/c1-23(12-14-6-5-10-28-14)17(25)13-29-21-22-19-18(20(26)24(21)9-11-27-2)15-7-3-4-8-16(15)30-19/h5-6,10H,3-4,7-9,11-13H2,1-2H3. The number of methoxy groups -OCH3 is 1. The van der Waals surface area contributed by atoms with Crippen LogP contribution in [0.15, 0.2) is 32.8 Å². The van der Waals surface area contributed by atoms with Crippen LogP contribution < -0.4 is 5.56 Å². The second kappa shape index (κ2) is 9.36. The lowest BCUT2D eigenvalue weighted by molar-refractivity contribution is -0.127. The predicted molar refractivity (Wildman–Crippen MR) is 118 cm³/mol. The van der Waals surface area contributed by atoms with Gasteiger partial charge < -0.3 is 14.1 Å². The molecule has 1 aliphatic carbocycles. The first-order valence-electron chi connectivity index (χ1n) is 10.0. The number of aryl methyl sites for hydroxylation is 2. The van der Waals surface area contributed by atoms with Crippen LogP contribution in [-0.4, -0.2) is 46.9 Å². The Bertz CT molecular complexity index is 1090. The number of amides is 1. The largest absolute Gasteiger partial charge is 0.467 e. The van der Waals surface area contributed by atoms with Gasteiger partial charge in [-0.3, -0.25) is 14.2 Å². The Morgan fingerprint density at radius 1 is 1.40 bits per heavy atom. The summed E-state index contributed by atoms with van der Waals surface area (Å²) >= 11 is 2.93. The van der Waals surface area contributed by atoms with Crippen molar-refractivity contribution in [3.05, 3.63) is 45.0 Å². The molecule has 30 heavy (non-hydrogen) atoms. The number of thioether (sulfide) groups is 1. The van der Waals surface area contributed by atoms with Gasteiger partial charge in [-0.15, -0.1) is 11.3 Å². The van der Waals surface area contributed by atoms with Crippen LogP contribution in [0, 0.1) is 0 Å². The minimum absolute atomic E-state index is 0.0182. The summed E-state index contributed by atoms with van der Waals surface area (Å²) in [7, 11) is 3.36. The van der Waals surface area contributed by atoms with E-state index in [9.17, 15) is 9.59 Å². The van der Waals surface area contributed by atoms with Gasteiger partial charge in [0.2, 0.25) is 5.91 Å². The van der Waals surface area contributed by atoms with Gasteiger partial charge in [-0.05, 0) is 43.4 Å². The van der Waals surface area contributed by atoms with E-state index in [-0.39, 0.29) is 17.2 Å². The molecule has 160 valence electrons.